The van der Waals surface area contributed by atoms with Gasteiger partial charge in [0.25, 0.3) is 0 Å². The Balaban J connectivity index is 1.85. The van der Waals surface area contributed by atoms with Gasteiger partial charge < -0.3 is 14.2 Å². The zero-order valence-electron chi connectivity index (χ0n) is 15.1. The fourth-order valence-electron chi connectivity index (χ4n) is 2.53. The highest BCUT2D eigenvalue weighted by molar-refractivity contribution is 5.84. The molecular weight excluding hydrogens is 318 g/mol. The number of carbonyl (C=O) groups is 2. The molecule has 1 heterocycles. The van der Waals surface area contributed by atoms with Gasteiger partial charge in [0, 0.05) is 38.5 Å². The number of aromatic nitrogens is 1. The first-order valence-electron chi connectivity index (χ1n) is 8.57. The van der Waals surface area contributed by atoms with E-state index in [1.807, 2.05) is 44.2 Å². The van der Waals surface area contributed by atoms with E-state index in [0.29, 0.717) is 31.2 Å². The molecular formula is C19H25N3O3. The summed E-state index contributed by atoms with van der Waals surface area (Å²) in [7, 11) is 1.65. The third-order valence-electron chi connectivity index (χ3n) is 4.08. The summed E-state index contributed by atoms with van der Waals surface area (Å²) < 4.78 is 5.70. The van der Waals surface area contributed by atoms with Gasteiger partial charge in [0.1, 0.15) is 0 Å². The number of aryl methyl sites for hydroxylation is 1. The zero-order valence-corrected chi connectivity index (χ0v) is 15.1. The molecule has 134 valence electrons. The van der Waals surface area contributed by atoms with Crippen molar-refractivity contribution < 1.29 is 14.0 Å². The Morgan fingerprint density at radius 3 is 2.40 bits per heavy atom. The number of rotatable bonds is 8. The topological polar surface area (TPSA) is 66.7 Å². The van der Waals surface area contributed by atoms with E-state index in [9.17, 15) is 9.59 Å². The predicted molar refractivity (Wildman–Crippen MR) is 95.8 cm³/mol. The van der Waals surface area contributed by atoms with E-state index < -0.39 is 0 Å². The summed E-state index contributed by atoms with van der Waals surface area (Å²) in [6.45, 7) is 5.25. The Hall–Kier alpha value is -2.63. The molecule has 25 heavy (non-hydrogen) atoms. The van der Waals surface area contributed by atoms with E-state index in [1.54, 1.807) is 18.1 Å². The minimum atomic E-state index is -0.0973. The maximum absolute atomic E-state index is 12.2. The number of benzene rings is 1. The van der Waals surface area contributed by atoms with Gasteiger partial charge in [-0.1, -0.05) is 30.3 Å². The lowest BCUT2D eigenvalue weighted by molar-refractivity contribution is -0.139. The van der Waals surface area contributed by atoms with E-state index in [4.69, 9.17) is 4.42 Å². The van der Waals surface area contributed by atoms with Gasteiger partial charge in [0.15, 0.2) is 11.7 Å². The van der Waals surface area contributed by atoms with Crippen LogP contribution in [0.4, 0.5) is 0 Å². The second-order valence-electron chi connectivity index (χ2n) is 5.80. The number of amides is 2. The SMILES string of the molecule is CCN(CC)C(=O)CN(C)C(=O)CCc1ncc(-c2ccccc2)o1. The van der Waals surface area contributed by atoms with Crippen molar-refractivity contribution >= 4 is 11.8 Å². The van der Waals surface area contributed by atoms with Crippen LogP contribution in [0.1, 0.15) is 26.2 Å². The number of oxazole rings is 1. The molecule has 0 saturated carbocycles. The van der Waals surface area contributed by atoms with Crippen LogP contribution in [0.5, 0.6) is 0 Å². The molecule has 0 bridgehead atoms. The van der Waals surface area contributed by atoms with Crippen LogP contribution >= 0.6 is 0 Å². The quantitative estimate of drug-likeness (QED) is 0.739. The van der Waals surface area contributed by atoms with Crippen molar-refractivity contribution in [3.8, 4) is 11.3 Å². The predicted octanol–water partition coefficient (Wildman–Crippen LogP) is 2.60. The van der Waals surface area contributed by atoms with Gasteiger partial charge in [-0.2, -0.15) is 0 Å². The summed E-state index contributed by atoms with van der Waals surface area (Å²) in [6.07, 6.45) is 2.34. The van der Waals surface area contributed by atoms with Gasteiger partial charge in [0.2, 0.25) is 11.8 Å². The van der Waals surface area contributed by atoms with Crippen LogP contribution < -0.4 is 0 Å². The van der Waals surface area contributed by atoms with E-state index >= 15 is 0 Å². The lowest BCUT2D eigenvalue weighted by atomic mass is 10.2. The smallest absolute Gasteiger partial charge is 0.242 e. The molecule has 1 aromatic carbocycles. The van der Waals surface area contributed by atoms with Gasteiger partial charge in [-0.25, -0.2) is 4.98 Å². The molecule has 0 radical (unpaired) electrons. The molecule has 6 nitrogen and oxygen atoms in total. The molecule has 1 aromatic heterocycles. The summed E-state index contributed by atoms with van der Waals surface area (Å²) >= 11 is 0. The highest BCUT2D eigenvalue weighted by Crippen LogP contribution is 2.20. The fraction of sp³-hybridized carbons (Fsp3) is 0.421. The van der Waals surface area contributed by atoms with Gasteiger partial charge in [-0.15, -0.1) is 0 Å². The van der Waals surface area contributed by atoms with Crippen molar-refractivity contribution in [2.24, 2.45) is 0 Å². The first-order valence-corrected chi connectivity index (χ1v) is 8.57. The highest BCUT2D eigenvalue weighted by Gasteiger charge is 2.17. The van der Waals surface area contributed by atoms with Gasteiger partial charge in [0.05, 0.1) is 12.7 Å². The maximum atomic E-state index is 12.2. The largest absolute Gasteiger partial charge is 0.441 e. The van der Waals surface area contributed by atoms with Crippen molar-refractivity contribution in [2.45, 2.75) is 26.7 Å². The van der Waals surface area contributed by atoms with Gasteiger partial charge in [-0.3, -0.25) is 9.59 Å². The Labute approximate surface area is 148 Å². The van der Waals surface area contributed by atoms with E-state index in [2.05, 4.69) is 4.98 Å². The number of carbonyl (C=O) groups excluding carboxylic acids is 2. The molecule has 0 atom stereocenters. The molecule has 0 aliphatic heterocycles. The molecule has 0 N–H and O–H groups in total. The van der Waals surface area contributed by atoms with Crippen LogP contribution in [-0.4, -0.2) is 53.3 Å². The van der Waals surface area contributed by atoms with Crippen LogP contribution in [0, 0.1) is 0 Å². The lowest BCUT2D eigenvalue weighted by Crippen LogP contribution is -2.41. The number of hydrogen-bond donors (Lipinski definition) is 0. The van der Waals surface area contributed by atoms with Crippen molar-refractivity contribution in [1.82, 2.24) is 14.8 Å². The zero-order chi connectivity index (χ0) is 18.2. The normalized spacial score (nSPS) is 10.5. The summed E-state index contributed by atoms with van der Waals surface area (Å²) in [6, 6.07) is 9.70. The molecule has 0 unspecified atom stereocenters. The molecule has 2 rings (SSSR count). The summed E-state index contributed by atoms with van der Waals surface area (Å²) in [5.74, 6) is 1.08. The third-order valence-corrected chi connectivity index (χ3v) is 4.08. The molecule has 0 aliphatic carbocycles. The second kappa shape index (κ2) is 9.01. The van der Waals surface area contributed by atoms with Crippen LogP contribution in [0.25, 0.3) is 11.3 Å². The molecule has 0 fully saturated rings. The summed E-state index contributed by atoms with van der Waals surface area (Å²) in [5.41, 5.74) is 0.953. The first kappa shape index (κ1) is 18.7. The average Bonchev–Trinajstić information content (AvgIpc) is 3.10. The van der Waals surface area contributed by atoms with Crippen molar-refractivity contribution in [3.05, 3.63) is 42.4 Å². The van der Waals surface area contributed by atoms with Crippen LogP contribution in [0.3, 0.4) is 0 Å². The van der Waals surface area contributed by atoms with Gasteiger partial charge in [-0.05, 0) is 13.8 Å². The average molecular weight is 343 g/mol. The number of hydrogen-bond acceptors (Lipinski definition) is 4. The Morgan fingerprint density at radius 1 is 1.08 bits per heavy atom. The second-order valence-corrected chi connectivity index (χ2v) is 5.80. The number of nitrogens with zero attached hydrogens (tertiary/aromatic N) is 3. The number of likely N-dealkylation sites (N-methyl/N-ethyl adjacent to an activating group) is 2. The van der Waals surface area contributed by atoms with E-state index in [0.717, 1.165) is 5.56 Å². The van der Waals surface area contributed by atoms with Crippen molar-refractivity contribution in [3.63, 3.8) is 0 Å². The molecule has 0 spiro atoms. The third kappa shape index (κ3) is 5.17. The molecule has 2 amide bonds. The Morgan fingerprint density at radius 2 is 1.76 bits per heavy atom. The summed E-state index contributed by atoms with van der Waals surface area (Å²) in [4.78, 5) is 31.7. The monoisotopic (exact) mass is 343 g/mol. The molecule has 2 aromatic rings. The van der Waals surface area contributed by atoms with E-state index in [1.165, 1.54) is 4.90 Å². The fourth-order valence-corrected chi connectivity index (χ4v) is 2.53. The van der Waals surface area contributed by atoms with E-state index in [-0.39, 0.29) is 24.8 Å². The van der Waals surface area contributed by atoms with Crippen molar-refractivity contribution in [2.75, 3.05) is 26.7 Å². The first-order chi connectivity index (χ1) is 12.0. The maximum Gasteiger partial charge on any atom is 0.242 e. The Kier molecular flexibility index (Phi) is 6.74. The highest BCUT2D eigenvalue weighted by atomic mass is 16.4. The Bertz CT molecular complexity index is 693. The van der Waals surface area contributed by atoms with Crippen LogP contribution in [0.15, 0.2) is 40.9 Å². The minimum Gasteiger partial charge on any atom is -0.441 e. The van der Waals surface area contributed by atoms with Crippen molar-refractivity contribution in [1.29, 1.82) is 0 Å². The standard InChI is InChI=1S/C19H25N3O3/c1-4-22(5-2)19(24)14-21(3)18(23)12-11-17-20-13-16(25-17)15-9-7-6-8-10-15/h6-10,13H,4-5,11-12,14H2,1-3H3. The molecule has 6 heteroatoms. The lowest BCUT2D eigenvalue weighted by Gasteiger charge is -2.23. The summed E-state index contributed by atoms with van der Waals surface area (Å²) in [5, 5.41) is 0. The molecule has 0 aliphatic rings. The van der Waals surface area contributed by atoms with Gasteiger partial charge >= 0.3 is 0 Å². The minimum absolute atomic E-state index is 0.0386. The van der Waals surface area contributed by atoms with Crippen LogP contribution in [-0.2, 0) is 16.0 Å². The van der Waals surface area contributed by atoms with Crippen LogP contribution in [0.2, 0.25) is 0 Å². The molecule has 0 saturated heterocycles.